The predicted octanol–water partition coefficient (Wildman–Crippen LogP) is 14.6. The van der Waals surface area contributed by atoms with Crippen LogP contribution < -0.4 is 5.32 Å². The van der Waals surface area contributed by atoms with E-state index in [0.29, 0.717) is 0 Å². The fraction of sp³-hybridized carbons (Fsp3) is 0.0806. The predicted molar refractivity (Wildman–Crippen MR) is 268 cm³/mol. The molecule has 0 saturated carbocycles. The van der Waals surface area contributed by atoms with Crippen molar-refractivity contribution in [2.75, 3.05) is 0 Å². The van der Waals surface area contributed by atoms with E-state index >= 15 is 0 Å². The van der Waals surface area contributed by atoms with Gasteiger partial charge in [-0.2, -0.15) is 0 Å². The molecule has 10 aromatic rings. The van der Waals surface area contributed by atoms with Crippen LogP contribution in [0, 0.1) is 0 Å². The van der Waals surface area contributed by atoms with Crippen molar-refractivity contribution in [3.63, 3.8) is 0 Å². The van der Waals surface area contributed by atoms with E-state index in [2.05, 4.69) is 236 Å². The van der Waals surface area contributed by atoms with Gasteiger partial charge in [-0.15, -0.1) is 0 Å². The molecule has 2 aliphatic carbocycles. The van der Waals surface area contributed by atoms with Crippen molar-refractivity contribution in [1.82, 2.24) is 9.88 Å². The second kappa shape index (κ2) is 13.3. The summed E-state index contributed by atoms with van der Waals surface area (Å²) in [6.45, 7) is 4.74. The number of nitrogens with zero attached hydrogens (tertiary/aromatic N) is 2. The van der Waals surface area contributed by atoms with Gasteiger partial charge in [0.15, 0.2) is 0 Å². The maximum Gasteiger partial charge on any atom is 0.145 e. The third-order valence-electron chi connectivity index (χ3n) is 15.0. The molecule has 3 heteroatoms. The Morgan fingerprint density at radius 2 is 1.06 bits per heavy atom. The van der Waals surface area contributed by atoms with E-state index in [9.17, 15) is 0 Å². The fourth-order valence-corrected chi connectivity index (χ4v) is 12.1. The summed E-state index contributed by atoms with van der Waals surface area (Å²) in [4.78, 5) is 5.46. The Morgan fingerprint density at radius 3 is 1.89 bits per heavy atom. The minimum atomic E-state index is -0.558. The highest BCUT2D eigenvalue weighted by atomic mass is 15.1. The zero-order chi connectivity index (χ0) is 43.0. The first-order valence-corrected chi connectivity index (χ1v) is 22.8. The number of hydrogen-bond acceptors (Lipinski definition) is 2. The SMILES string of the molecule is CC1(C)c2ccccc2-c2ccc(-c3ccc4c(c3)-c3cc(C5=NC(c6ccccc6)NC(c6ccccc6)=C5)ccc3C43c4ccccc4-n4c5ccccc5c5cccc3c54)cc21. The summed E-state index contributed by atoms with van der Waals surface area (Å²) in [5, 5.41) is 6.33. The van der Waals surface area contributed by atoms with E-state index < -0.39 is 5.41 Å². The van der Waals surface area contributed by atoms with E-state index in [1.165, 1.54) is 94.3 Å². The Balaban J connectivity index is 1.03. The smallest absolute Gasteiger partial charge is 0.145 e. The van der Waals surface area contributed by atoms with Crippen molar-refractivity contribution in [2.45, 2.75) is 30.8 Å². The molecular weight excluding hydrogens is 787 g/mol. The van der Waals surface area contributed by atoms with Crippen molar-refractivity contribution < 1.29 is 0 Å². The van der Waals surface area contributed by atoms with Crippen LogP contribution in [0.4, 0.5) is 0 Å². The Hall–Kier alpha value is -8.01. The first-order valence-electron chi connectivity index (χ1n) is 22.8. The van der Waals surface area contributed by atoms with Gasteiger partial charge in [0.2, 0.25) is 0 Å². The number of para-hydroxylation sites is 3. The largest absolute Gasteiger partial charge is 0.360 e. The zero-order valence-corrected chi connectivity index (χ0v) is 36.2. The van der Waals surface area contributed by atoms with Crippen LogP contribution in [-0.4, -0.2) is 10.3 Å². The van der Waals surface area contributed by atoms with E-state index in [0.717, 1.165) is 28.1 Å². The third kappa shape index (κ3) is 4.93. The summed E-state index contributed by atoms with van der Waals surface area (Å²) in [5.41, 5.74) is 24.2. The van der Waals surface area contributed by atoms with Crippen LogP contribution in [0.2, 0.25) is 0 Å². The number of nitrogens with one attached hydrogen (secondary N) is 1. The molecule has 2 unspecified atom stereocenters. The van der Waals surface area contributed by atoms with E-state index in [1.54, 1.807) is 0 Å². The quantitative estimate of drug-likeness (QED) is 0.188. The number of fused-ring (bicyclic) bond motifs is 15. The van der Waals surface area contributed by atoms with E-state index in [4.69, 9.17) is 4.99 Å². The Kier molecular flexibility index (Phi) is 7.44. The highest BCUT2D eigenvalue weighted by Crippen LogP contribution is 2.62. The normalized spacial score (nSPS) is 18.0. The molecule has 2 aliphatic heterocycles. The lowest BCUT2D eigenvalue weighted by Gasteiger charge is -2.39. The van der Waals surface area contributed by atoms with Crippen LogP contribution in [0.5, 0.6) is 0 Å². The molecule has 0 saturated heterocycles. The highest BCUT2D eigenvalue weighted by molar-refractivity contribution is 6.15. The molecule has 0 amide bonds. The molecule has 306 valence electrons. The molecule has 0 fully saturated rings. The van der Waals surface area contributed by atoms with Gasteiger partial charge in [-0.3, -0.25) is 4.99 Å². The number of benzene rings is 9. The van der Waals surface area contributed by atoms with Gasteiger partial charge in [-0.05, 0) is 114 Å². The molecule has 3 nitrogen and oxygen atoms in total. The van der Waals surface area contributed by atoms with Crippen molar-refractivity contribution in [1.29, 1.82) is 0 Å². The minimum absolute atomic E-state index is 0.0908. The molecule has 0 radical (unpaired) electrons. The molecule has 0 bridgehead atoms. The van der Waals surface area contributed by atoms with Crippen LogP contribution in [-0.2, 0) is 10.8 Å². The van der Waals surface area contributed by atoms with Gasteiger partial charge in [-0.25, -0.2) is 0 Å². The summed E-state index contributed by atoms with van der Waals surface area (Å²) in [6, 6.07) is 76.8. The lowest BCUT2D eigenvalue weighted by molar-refractivity contribution is 0.660. The Labute approximate surface area is 378 Å². The van der Waals surface area contributed by atoms with Crippen LogP contribution >= 0.6 is 0 Å². The van der Waals surface area contributed by atoms with Crippen LogP contribution in [0.25, 0.3) is 66.6 Å². The molecule has 1 spiro atoms. The number of allylic oxidation sites excluding steroid dienone is 1. The number of hydrogen-bond donors (Lipinski definition) is 1. The van der Waals surface area contributed by atoms with Crippen LogP contribution in [0.1, 0.15) is 70.1 Å². The molecule has 1 aromatic heterocycles. The minimum Gasteiger partial charge on any atom is -0.360 e. The molecule has 3 heterocycles. The maximum atomic E-state index is 5.46. The number of aromatic nitrogens is 1. The first-order chi connectivity index (χ1) is 32.0. The average Bonchev–Trinajstić information content (AvgIpc) is 3.94. The summed E-state index contributed by atoms with van der Waals surface area (Å²) in [5.74, 6) is 0. The molecule has 4 aliphatic rings. The van der Waals surface area contributed by atoms with Gasteiger partial charge in [-0.1, -0.05) is 190 Å². The van der Waals surface area contributed by atoms with Gasteiger partial charge in [0, 0.05) is 27.4 Å². The maximum absolute atomic E-state index is 5.46. The van der Waals surface area contributed by atoms with Crippen molar-refractivity contribution in [3.8, 4) is 39.1 Å². The summed E-state index contributed by atoms with van der Waals surface area (Å²) < 4.78 is 2.52. The van der Waals surface area contributed by atoms with Gasteiger partial charge >= 0.3 is 0 Å². The van der Waals surface area contributed by atoms with Crippen molar-refractivity contribution >= 4 is 33.2 Å². The van der Waals surface area contributed by atoms with Crippen LogP contribution in [0.15, 0.2) is 217 Å². The number of rotatable bonds is 4. The van der Waals surface area contributed by atoms with Gasteiger partial charge in [0.1, 0.15) is 6.17 Å². The van der Waals surface area contributed by atoms with Gasteiger partial charge in [0.25, 0.3) is 0 Å². The third-order valence-corrected chi connectivity index (χ3v) is 15.0. The summed E-state index contributed by atoms with van der Waals surface area (Å²) in [6.07, 6.45) is 2.00. The van der Waals surface area contributed by atoms with Gasteiger partial charge in [0.05, 0.1) is 27.8 Å². The lowest BCUT2D eigenvalue weighted by atomic mass is 9.65. The van der Waals surface area contributed by atoms with Crippen LogP contribution in [0.3, 0.4) is 0 Å². The lowest BCUT2D eigenvalue weighted by Crippen LogP contribution is -2.33. The molecule has 65 heavy (non-hydrogen) atoms. The molecule has 1 N–H and O–H groups in total. The van der Waals surface area contributed by atoms with E-state index in [1.807, 2.05) is 0 Å². The molecule has 2 atom stereocenters. The van der Waals surface area contributed by atoms with Crippen molar-refractivity contribution in [2.24, 2.45) is 4.99 Å². The molecule has 9 aromatic carbocycles. The molecule has 14 rings (SSSR count). The highest BCUT2D eigenvalue weighted by Gasteiger charge is 2.51. The average molecular weight is 830 g/mol. The first kappa shape index (κ1) is 36.5. The number of aliphatic imine (C=N–C) groups is 1. The topological polar surface area (TPSA) is 29.3 Å². The van der Waals surface area contributed by atoms with Crippen molar-refractivity contribution in [3.05, 3.63) is 262 Å². The zero-order valence-electron chi connectivity index (χ0n) is 36.2. The fourth-order valence-electron chi connectivity index (χ4n) is 12.1. The summed E-state index contributed by atoms with van der Waals surface area (Å²) in [7, 11) is 0. The standard InChI is InChI=1S/C62H43N3/c1-61(2)49-23-11-9-20-43(49)44-31-28-41(36-54(44)61)40-29-32-50-47(34-40)48-35-42(56-37-55(38-16-5-3-6-17-38)63-60(64-56)39-18-7-4-8-19-39)30-33-51(48)62(50)52-24-12-14-27-58(52)65-57-26-13-10-21-45(57)46-22-15-25-53(62)59(46)65/h3-37,60,63H,1-2H3. The second-order valence-corrected chi connectivity index (χ2v) is 18.7. The Morgan fingerprint density at radius 1 is 0.446 bits per heavy atom. The van der Waals surface area contributed by atoms with Gasteiger partial charge < -0.3 is 9.88 Å². The Bertz CT molecular complexity index is 3720. The second-order valence-electron chi connectivity index (χ2n) is 18.7. The molecular formula is C62H43N3. The van der Waals surface area contributed by atoms with E-state index in [-0.39, 0.29) is 11.6 Å². The summed E-state index contributed by atoms with van der Waals surface area (Å²) >= 11 is 0. The monoisotopic (exact) mass is 829 g/mol.